The monoisotopic (exact) mass is 596 g/mol. The molecule has 4 rings (SSSR count). The number of hydrogen-bond acceptors (Lipinski definition) is 6. The van der Waals surface area contributed by atoms with E-state index in [-0.39, 0.29) is 24.0 Å². The highest BCUT2D eigenvalue weighted by atomic mass is 32.2. The van der Waals surface area contributed by atoms with Crippen molar-refractivity contribution < 1.29 is 24.2 Å². The number of thioether (sulfide) groups is 1. The Bertz CT molecular complexity index is 1540. The molecule has 43 heavy (non-hydrogen) atoms. The minimum atomic E-state index is -1.03. The van der Waals surface area contributed by atoms with Crippen molar-refractivity contribution in [2.24, 2.45) is 5.92 Å². The lowest BCUT2D eigenvalue weighted by atomic mass is 10.00. The van der Waals surface area contributed by atoms with E-state index in [1.165, 1.54) is 0 Å². The van der Waals surface area contributed by atoms with E-state index in [0.29, 0.717) is 35.7 Å². The number of carboxylic acid groups (broad SMARTS) is 1. The zero-order chi connectivity index (χ0) is 30.8. The molecule has 2 N–H and O–H groups in total. The molecule has 0 aliphatic carbocycles. The average molecular weight is 597 g/mol. The van der Waals surface area contributed by atoms with Gasteiger partial charge in [-0.3, -0.25) is 9.59 Å². The Hall–Kier alpha value is -4.56. The van der Waals surface area contributed by atoms with E-state index in [4.69, 9.17) is 4.74 Å². The van der Waals surface area contributed by atoms with E-state index in [0.717, 1.165) is 16.1 Å². The lowest BCUT2D eigenvalue weighted by molar-refractivity contribution is -0.137. The van der Waals surface area contributed by atoms with Crippen LogP contribution in [-0.4, -0.2) is 48.2 Å². The summed E-state index contributed by atoms with van der Waals surface area (Å²) in [7, 11) is 0. The van der Waals surface area contributed by atoms with Gasteiger partial charge >= 0.3 is 5.97 Å². The highest BCUT2D eigenvalue weighted by molar-refractivity contribution is 7.98. The lowest BCUT2D eigenvalue weighted by Gasteiger charge is -2.25. The van der Waals surface area contributed by atoms with Crippen molar-refractivity contribution in [1.82, 2.24) is 0 Å². The maximum absolute atomic E-state index is 13.1. The summed E-state index contributed by atoms with van der Waals surface area (Å²) in [5, 5.41) is 13.0. The standard InChI is InChI=1S/C35H36N2O5S/c1-24(2)34(39)37(27-12-9-13-29(23-27)43-3)20-21-42-28-18-16-25(17-19-28)22-32(35(40)41)36-31-15-8-7-14-30(31)33(38)26-10-5-4-6-11-26/h4-19,23-24,32,36H,20-22H2,1-3H3,(H,40,41)/t32-/m0/s1. The summed E-state index contributed by atoms with van der Waals surface area (Å²) >= 11 is 1.62. The molecule has 0 unspecified atom stereocenters. The summed E-state index contributed by atoms with van der Waals surface area (Å²) < 4.78 is 5.96. The number of carbonyl (C=O) groups excluding carboxylic acids is 2. The highest BCUT2D eigenvalue weighted by Crippen LogP contribution is 2.25. The lowest BCUT2D eigenvalue weighted by Crippen LogP contribution is -2.37. The summed E-state index contributed by atoms with van der Waals surface area (Å²) in [6.07, 6.45) is 2.20. The fourth-order valence-electron chi connectivity index (χ4n) is 4.61. The van der Waals surface area contributed by atoms with Gasteiger partial charge in [0.05, 0.1) is 6.54 Å². The van der Waals surface area contributed by atoms with Gasteiger partial charge in [-0.15, -0.1) is 11.8 Å². The van der Waals surface area contributed by atoms with Gasteiger partial charge in [0.1, 0.15) is 18.4 Å². The van der Waals surface area contributed by atoms with Crippen LogP contribution in [0.4, 0.5) is 11.4 Å². The second-order valence-electron chi connectivity index (χ2n) is 10.3. The molecule has 1 amide bonds. The van der Waals surface area contributed by atoms with Crippen molar-refractivity contribution in [2.75, 3.05) is 29.6 Å². The van der Waals surface area contributed by atoms with Gasteiger partial charge < -0.3 is 20.1 Å². The quantitative estimate of drug-likeness (QED) is 0.122. The second kappa shape index (κ2) is 15.1. The molecule has 0 heterocycles. The number of benzene rings is 4. The van der Waals surface area contributed by atoms with Gasteiger partial charge in [0.25, 0.3) is 0 Å². The Kier molecular flexibility index (Phi) is 11.0. The first-order valence-electron chi connectivity index (χ1n) is 14.1. The zero-order valence-electron chi connectivity index (χ0n) is 24.5. The Morgan fingerprint density at radius 3 is 2.26 bits per heavy atom. The smallest absolute Gasteiger partial charge is 0.326 e. The topological polar surface area (TPSA) is 95.9 Å². The number of carboxylic acids is 1. The second-order valence-corrected chi connectivity index (χ2v) is 11.2. The molecule has 0 fully saturated rings. The number of nitrogens with one attached hydrogen (secondary N) is 1. The summed E-state index contributed by atoms with van der Waals surface area (Å²) in [5.41, 5.74) is 3.04. The number of ketones is 1. The van der Waals surface area contributed by atoms with Crippen LogP contribution >= 0.6 is 11.8 Å². The van der Waals surface area contributed by atoms with Gasteiger partial charge in [-0.2, -0.15) is 0 Å². The predicted molar refractivity (Wildman–Crippen MR) is 172 cm³/mol. The molecule has 0 radical (unpaired) electrons. The van der Waals surface area contributed by atoms with Gasteiger partial charge in [-0.25, -0.2) is 4.79 Å². The van der Waals surface area contributed by atoms with Crippen LogP contribution in [-0.2, 0) is 16.0 Å². The van der Waals surface area contributed by atoms with Crippen molar-refractivity contribution in [1.29, 1.82) is 0 Å². The summed E-state index contributed by atoms with van der Waals surface area (Å²) in [4.78, 5) is 41.1. The third-order valence-corrected chi connectivity index (χ3v) is 7.63. The SMILES string of the molecule is CSc1cccc(N(CCOc2ccc(C[C@H](Nc3ccccc3C(=O)c3ccccc3)C(=O)O)cc2)C(=O)C(C)C)c1. The van der Waals surface area contributed by atoms with Crippen LogP contribution in [0, 0.1) is 5.92 Å². The summed E-state index contributed by atoms with van der Waals surface area (Å²) in [6.45, 7) is 4.45. The maximum atomic E-state index is 13.1. The largest absolute Gasteiger partial charge is 0.492 e. The van der Waals surface area contributed by atoms with E-state index in [2.05, 4.69) is 5.32 Å². The Morgan fingerprint density at radius 1 is 0.884 bits per heavy atom. The summed E-state index contributed by atoms with van der Waals surface area (Å²) in [6, 6.07) is 30.0. The van der Waals surface area contributed by atoms with Crippen molar-refractivity contribution >= 4 is 40.8 Å². The fourth-order valence-corrected chi connectivity index (χ4v) is 5.06. The number of carbonyl (C=O) groups is 3. The van der Waals surface area contributed by atoms with E-state index in [1.807, 2.05) is 62.6 Å². The zero-order valence-corrected chi connectivity index (χ0v) is 25.3. The molecular formula is C35H36N2O5S. The van der Waals surface area contributed by atoms with Gasteiger partial charge in [0.15, 0.2) is 5.78 Å². The molecule has 0 saturated carbocycles. The molecule has 222 valence electrons. The molecule has 0 spiro atoms. The number of para-hydroxylation sites is 1. The normalized spacial score (nSPS) is 11.5. The molecule has 1 atom stereocenters. The van der Waals surface area contributed by atoms with Gasteiger partial charge in [0.2, 0.25) is 5.91 Å². The molecule has 0 aliphatic heterocycles. The number of ether oxygens (including phenoxy) is 1. The number of amides is 1. The van der Waals surface area contributed by atoms with Crippen molar-refractivity contribution in [2.45, 2.75) is 31.2 Å². The van der Waals surface area contributed by atoms with Crippen LogP contribution in [0.15, 0.2) is 108 Å². The number of nitrogens with zero attached hydrogens (tertiary/aromatic N) is 1. The van der Waals surface area contributed by atoms with E-state index < -0.39 is 12.0 Å². The van der Waals surface area contributed by atoms with Crippen molar-refractivity contribution in [3.8, 4) is 5.75 Å². The molecule has 8 heteroatoms. The fraction of sp³-hybridized carbons (Fsp3) is 0.229. The highest BCUT2D eigenvalue weighted by Gasteiger charge is 2.22. The molecule has 7 nitrogen and oxygen atoms in total. The Balaban J connectivity index is 1.40. The number of rotatable bonds is 14. The summed E-state index contributed by atoms with van der Waals surface area (Å²) in [5.74, 6) is -0.715. The minimum Gasteiger partial charge on any atom is -0.492 e. The van der Waals surface area contributed by atoms with Gasteiger partial charge in [0, 0.05) is 39.7 Å². The van der Waals surface area contributed by atoms with Crippen LogP contribution < -0.4 is 15.0 Å². The molecule has 0 aliphatic rings. The molecule has 4 aromatic rings. The van der Waals surface area contributed by atoms with E-state index in [9.17, 15) is 19.5 Å². The van der Waals surface area contributed by atoms with E-state index in [1.54, 1.807) is 77.3 Å². The number of hydrogen-bond donors (Lipinski definition) is 2. The Morgan fingerprint density at radius 2 is 1.58 bits per heavy atom. The number of aliphatic carboxylic acids is 1. The van der Waals surface area contributed by atoms with Crippen LogP contribution in [0.2, 0.25) is 0 Å². The third-order valence-electron chi connectivity index (χ3n) is 6.91. The predicted octanol–water partition coefficient (Wildman–Crippen LogP) is 6.82. The van der Waals surface area contributed by atoms with Gasteiger partial charge in [-0.1, -0.05) is 74.5 Å². The molecule has 4 aromatic carbocycles. The average Bonchev–Trinajstić information content (AvgIpc) is 3.03. The third kappa shape index (κ3) is 8.49. The number of anilines is 2. The van der Waals surface area contributed by atoms with Crippen LogP contribution in [0.5, 0.6) is 5.75 Å². The Labute approximate surface area is 256 Å². The van der Waals surface area contributed by atoms with Crippen LogP contribution in [0.25, 0.3) is 0 Å². The molecule has 0 aromatic heterocycles. The first-order chi connectivity index (χ1) is 20.8. The first kappa shape index (κ1) is 31.4. The van der Waals surface area contributed by atoms with Crippen LogP contribution in [0.1, 0.15) is 35.3 Å². The minimum absolute atomic E-state index is 0.0245. The van der Waals surface area contributed by atoms with Crippen molar-refractivity contribution in [3.63, 3.8) is 0 Å². The van der Waals surface area contributed by atoms with Crippen LogP contribution in [0.3, 0.4) is 0 Å². The molecule has 0 saturated heterocycles. The molecular weight excluding hydrogens is 560 g/mol. The molecule has 0 bridgehead atoms. The maximum Gasteiger partial charge on any atom is 0.326 e. The van der Waals surface area contributed by atoms with Crippen molar-refractivity contribution in [3.05, 3.63) is 120 Å². The first-order valence-corrected chi connectivity index (χ1v) is 15.3. The van der Waals surface area contributed by atoms with Gasteiger partial charge in [-0.05, 0) is 54.3 Å². The van der Waals surface area contributed by atoms with E-state index >= 15 is 0 Å².